The van der Waals surface area contributed by atoms with E-state index in [9.17, 15) is 10.5 Å². The SMILES string of the molecule is COc1ccccc1[C@@H]1[C@@]2(C#N)[C@@]3(N=C(N)[C@@]12C#N)OCCS3. The summed E-state index contributed by atoms with van der Waals surface area (Å²) in [6.07, 6.45) is 0. The molecule has 0 unspecified atom stereocenters. The lowest BCUT2D eigenvalue weighted by Gasteiger charge is -2.26. The smallest absolute Gasteiger partial charge is 0.230 e. The molecule has 23 heavy (non-hydrogen) atoms. The average molecular weight is 326 g/mol. The largest absolute Gasteiger partial charge is 0.496 e. The summed E-state index contributed by atoms with van der Waals surface area (Å²) >= 11 is 1.45. The van der Waals surface area contributed by atoms with Crippen LogP contribution in [0.2, 0.25) is 0 Å². The second-order valence-electron chi connectivity index (χ2n) is 5.79. The molecule has 116 valence electrons. The molecule has 0 bridgehead atoms. The minimum atomic E-state index is -1.16. The molecule has 1 saturated carbocycles. The van der Waals surface area contributed by atoms with Crippen molar-refractivity contribution in [2.24, 2.45) is 21.6 Å². The van der Waals surface area contributed by atoms with Gasteiger partial charge in [-0.3, -0.25) is 0 Å². The molecule has 7 heteroatoms. The Morgan fingerprint density at radius 1 is 1.39 bits per heavy atom. The van der Waals surface area contributed by atoms with Gasteiger partial charge in [-0.15, -0.1) is 0 Å². The van der Waals surface area contributed by atoms with E-state index >= 15 is 0 Å². The van der Waals surface area contributed by atoms with Crippen molar-refractivity contribution in [2.45, 2.75) is 11.0 Å². The number of thioether (sulfide) groups is 1. The Morgan fingerprint density at radius 2 is 2.17 bits per heavy atom. The van der Waals surface area contributed by atoms with Gasteiger partial charge in [0.1, 0.15) is 17.0 Å². The monoisotopic (exact) mass is 326 g/mol. The first-order valence-corrected chi connectivity index (χ1v) is 8.21. The molecule has 0 aromatic heterocycles. The van der Waals surface area contributed by atoms with E-state index < -0.39 is 21.8 Å². The highest BCUT2D eigenvalue weighted by atomic mass is 32.2. The predicted octanol–water partition coefficient (Wildman–Crippen LogP) is 1.60. The van der Waals surface area contributed by atoms with Gasteiger partial charge in [-0.2, -0.15) is 10.5 Å². The molecular formula is C16H14N4O2S. The number of nitrogens with two attached hydrogens (primary N) is 1. The minimum absolute atomic E-state index is 0.187. The number of amidine groups is 1. The Balaban J connectivity index is 1.96. The van der Waals surface area contributed by atoms with Crippen LogP contribution in [0.1, 0.15) is 11.5 Å². The molecular weight excluding hydrogens is 312 g/mol. The van der Waals surface area contributed by atoms with Crippen LogP contribution in [0.25, 0.3) is 0 Å². The van der Waals surface area contributed by atoms with E-state index in [0.717, 1.165) is 11.3 Å². The normalized spacial score (nSPS) is 40.1. The maximum Gasteiger partial charge on any atom is 0.230 e. The Kier molecular flexibility index (Phi) is 2.76. The molecule has 1 aromatic carbocycles. The lowest BCUT2D eigenvalue weighted by Crippen LogP contribution is -2.34. The summed E-state index contributed by atoms with van der Waals surface area (Å²) in [5.41, 5.74) is 4.66. The fourth-order valence-electron chi connectivity index (χ4n) is 4.09. The third kappa shape index (κ3) is 1.32. The van der Waals surface area contributed by atoms with Crippen LogP contribution in [0.3, 0.4) is 0 Å². The van der Waals surface area contributed by atoms with E-state index in [1.165, 1.54) is 11.8 Å². The maximum atomic E-state index is 10.0. The number of nitriles is 2. The molecule has 2 heterocycles. The molecule has 0 radical (unpaired) electrons. The van der Waals surface area contributed by atoms with E-state index in [1.807, 2.05) is 24.3 Å². The van der Waals surface area contributed by atoms with Crippen LogP contribution < -0.4 is 10.5 Å². The number of ether oxygens (including phenoxy) is 2. The van der Waals surface area contributed by atoms with Crippen molar-refractivity contribution in [1.82, 2.24) is 0 Å². The Hall–Kier alpha value is -2.22. The Bertz CT molecular complexity index is 805. The molecule has 1 aromatic rings. The van der Waals surface area contributed by atoms with Crippen LogP contribution >= 0.6 is 11.8 Å². The average Bonchev–Trinajstić information content (AvgIpc) is 2.82. The van der Waals surface area contributed by atoms with Gasteiger partial charge in [-0.25, -0.2) is 4.99 Å². The van der Waals surface area contributed by atoms with Crippen molar-refractivity contribution < 1.29 is 9.47 Å². The van der Waals surface area contributed by atoms with Gasteiger partial charge in [-0.05, 0) is 6.07 Å². The molecule has 1 saturated heterocycles. The van der Waals surface area contributed by atoms with Gasteiger partial charge in [0.15, 0.2) is 5.41 Å². The lowest BCUT2D eigenvalue weighted by atomic mass is 9.95. The van der Waals surface area contributed by atoms with Gasteiger partial charge in [0.05, 0.1) is 25.9 Å². The molecule has 4 atom stereocenters. The number of hydrogen-bond acceptors (Lipinski definition) is 7. The van der Waals surface area contributed by atoms with Crippen LogP contribution in [-0.2, 0) is 4.74 Å². The minimum Gasteiger partial charge on any atom is -0.496 e. The zero-order valence-corrected chi connectivity index (χ0v) is 13.3. The van der Waals surface area contributed by atoms with Gasteiger partial charge in [0, 0.05) is 17.2 Å². The summed E-state index contributed by atoms with van der Waals surface area (Å²) in [6.45, 7) is 0.491. The third-order valence-electron chi connectivity index (χ3n) is 5.06. The zero-order chi connectivity index (χ0) is 16.3. The van der Waals surface area contributed by atoms with Gasteiger partial charge >= 0.3 is 0 Å². The number of aliphatic imine (C=N–C) groups is 1. The van der Waals surface area contributed by atoms with E-state index in [1.54, 1.807) is 7.11 Å². The van der Waals surface area contributed by atoms with Crippen LogP contribution in [0.15, 0.2) is 29.3 Å². The topological polar surface area (TPSA) is 104 Å². The van der Waals surface area contributed by atoms with Crippen molar-refractivity contribution in [3.8, 4) is 17.9 Å². The Labute approximate surface area is 137 Å². The number of nitrogens with zero attached hydrogens (tertiary/aromatic N) is 3. The second-order valence-corrected chi connectivity index (χ2v) is 7.04. The second kappa shape index (κ2) is 4.41. The fourth-order valence-corrected chi connectivity index (χ4v) is 5.41. The molecule has 1 aliphatic carbocycles. The number of para-hydroxylation sites is 1. The van der Waals surface area contributed by atoms with E-state index in [-0.39, 0.29) is 5.84 Å². The Morgan fingerprint density at radius 3 is 2.78 bits per heavy atom. The van der Waals surface area contributed by atoms with Crippen molar-refractivity contribution >= 4 is 17.6 Å². The highest BCUT2D eigenvalue weighted by Crippen LogP contribution is 2.84. The maximum absolute atomic E-state index is 10.0. The van der Waals surface area contributed by atoms with Crippen molar-refractivity contribution in [2.75, 3.05) is 19.5 Å². The molecule has 2 aliphatic heterocycles. The highest BCUT2D eigenvalue weighted by Gasteiger charge is 2.93. The van der Waals surface area contributed by atoms with Crippen molar-refractivity contribution in [1.29, 1.82) is 10.5 Å². The van der Waals surface area contributed by atoms with Crippen molar-refractivity contribution in [3.63, 3.8) is 0 Å². The summed E-state index contributed by atoms with van der Waals surface area (Å²) < 4.78 is 11.3. The van der Waals surface area contributed by atoms with Crippen LogP contribution in [0.4, 0.5) is 0 Å². The predicted molar refractivity (Wildman–Crippen MR) is 84.6 cm³/mol. The molecule has 4 rings (SSSR count). The summed E-state index contributed by atoms with van der Waals surface area (Å²) in [6, 6.07) is 12.0. The summed E-state index contributed by atoms with van der Waals surface area (Å²) in [5, 5.41) is 18.9. The first kappa shape index (κ1) is 14.4. The number of fused-ring (bicyclic) bond motifs is 2. The number of methoxy groups -OCH3 is 1. The first-order valence-electron chi connectivity index (χ1n) is 7.22. The number of benzene rings is 1. The fraction of sp³-hybridized carbons (Fsp3) is 0.438. The molecule has 6 nitrogen and oxygen atoms in total. The van der Waals surface area contributed by atoms with Crippen LogP contribution in [-0.4, -0.2) is 30.4 Å². The molecule has 2 N–H and O–H groups in total. The van der Waals surface area contributed by atoms with Gasteiger partial charge < -0.3 is 15.2 Å². The van der Waals surface area contributed by atoms with Crippen molar-refractivity contribution in [3.05, 3.63) is 29.8 Å². The highest BCUT2D eigenvalue weighted by molar-refractivity contribution is 8.00. The zero-order valence-electron chi connectivity index (χ0n) is 12.4. The summed E-state index contributed by atoms with van der Waals surface area (Å²) in [5.74, 6) is 1.14. The first-order chi connectivity index (χ1) is 11.1. The van der Waals surface area contributed by atoms with Gasteiger partial charge in [0.2, 0.25) is 5.06 Å². The molecule has 2 fully saturated rings. The lowest BCUT2D eigenvalue weighted by molar-refractivity contribution is 0.0200. The number of hydrogen-bond donors (Lipinski definition) is 1. The van der Waals surface area contributed by atoms with Gasteiger partial charge in [0.25, 0.3) is 0 Å². The quantitative estimate of drug-likeness (QED) is 0.885. The van der Waals surface area contributed by atoms with E-state index in [0.29, 0.717) is 12.4 Å². The summed E-state index contributed by atoms with van der Waals surface area (Å²) in [7, 11) is 1.57. The molecule has 3 aliphatic rings. The molecule has 0 amide bonds. The van der Waals surface area contributed by atoms with E-state index in [2.05, 4.69) is 17.1 Å². The third-order valence-corrected chi connectivity index (χ3v) is 6.35. The van der Waals surface area contributed by atoms with Crippen LogP contribution in [0.5, 0.6) is 5.75 Å². The van der Waals surface area contributed by atoms with Gasteiger partial charge in [-0.1, -0.05) is 30.0 Å². The van der Waals surface area contributed by atoms with Crippen LogP contribution in [0, 0.1) is 33.5 Å². The molecule has 1 spiro atoms. The summed E-state index contributed by atoms with van der Waals surface area (Å²) in [4.78, 5) is 4.42. The number of rotatable bonds is 2. The standard InChI is InChI=1S/C16H14N4O2S/c1-21-11-5-3-2-4-10(11)12-14(8-17)13(19)20-16(15(12,14)9-18)22-6-7-23-16/h2-5,12H,6-7H2,1H3,(H2,19,20)/t12-,14+,15+,16+/m0/s1. The van der Waals surface area contributed by atoms with E-state index in [4.69, 9.17) is 15.2 Å².